The van der Waals surface area contributed by atoms with Gasteiger partial charge in [0.15, 0.2) is 0 Å². The number of aryl methyl sites for hydroxylation is 1. The lowest BCUT2D eigenvalue weighted by Gasteiger charge is -2.20. The number of aromatic nitrogens is 1. The highest BCUT2D eigenvalue weighted by atomic mass is 15.0. The fourth-order valence-electron chi connectivity index (χ4n) is 5.69. The minimum Gasteiger partial charge on any atom is -0.314 e. The Labute approximate surface area is 207 Å². The second-order valence-corrected chi connectivity index (χ2v) is 9.52. The first-order valence-corrected chi connectivity index (χ1v) is 12.3. The van der Waals surface area contributed by atoms with Gasteiger partial charge in [0.05, 0.1) is 5.52 Å². The van der Waals surface area contributed by atoms with Crippen molar-refractivity contribution in [3.05, 3.63) is 126 Å². The molecule has 0 aliphatic rings. The molecule has 0 atom stereocenters. The number of rotatable bonds is 3. The van der Waals surface area contributed by atoms with Crippen molar-refractivity contribution in [2.75, 3.05) is 0 Å². The Morgan fingerprint density at radius 3 is 1.51 bits per heavy atom. The maximum absolute atomic E-state index is 2.38. The highest BCUT2D eigenvalue weighted by Crippen LogP contribution is 2.41. The Kier molecular flexibility index (Phi) is 5.07. The summed E-state index contributed by atoms with van der Waals surface area (Å²) in [6.45, 7) is 8.96. The Bertz CT molecular complexity index is 1700. The van der Waals surface area contributed by atoms with E-state index in [0.717, 1.165) is 0 Å². The van der Waals surface area contributed by atoms with E-state index in [9.17, 15) is 0 Å². The molecule has 0 radical (unpaired) electrons. The maximum Gasteiger partial charge on any atom is 0.0534 e. The predicted molar refractivity (Wildman–Crippen MR) is 151 cm³/mol. The van der Waals surface area contributed by atoms with E-state index < -0.39 is 0 Å². The highest BCUT2D eigenvalue weighted by molar-refractivity contribution is 6.07. The lowest BCUT2D eigenvalue weighted by Crippen LogP contribution is -1.98. The van der Waals surface area contributed by atoms with E-state index in [4.69, 9.17) is 0 Å². The molecule has 0 saturated carbocycles. The second-order valence-electron chi connectivity index (χ2n) is 9.52. The van der Waals surface area contributed by atoms with E-state index in [-0.39, 0.29) is 0 Å². The van der Waals surface area contributed by atoms with Crippen molar-refractivity contribution in [3.63, 3.8) is 0 Å². The molecule has 0 spiro atoms. The van der Waals surface area contributed by atoms with Crippen LogP contribution in [0.15, 0.2) is 103 Å². The number of hydrogen-bond acceptors (Lipinski definition) is 0. The van der Waals surface area contributed by atoms with Gasteiger partial charge in [-0.05, 0) is 95.6 Å². The average molecular weight is 452 g/mol. The molecule has 0 aliphatic heterocycles. The zero-order valence-corrected chi connectivity index (χ0v) is 20.8. The van der Waals surface area contributed by atoms with Crippen LogP contribution in [0.5, 0.6) is 0 Å². The number of nitrogens with zero attached hydrogens (tertiary/aromatic N) is 1. The SMILES string of the molecule is Cc1c(C)c(-c2ccc(-n3c(C)c(C)c4ccccc43)cc2)c2ccccc2c1-c1ccccc1. The van der Waals surface area contributed by atoms with Crippen molar-refractivity contribution < 1.29 is 0 Å². The Morgan fingerprint density at radius 2 is 0.914 bits per heavy atom. The summed E-state index contributed by atoms with van der Waals surface area (Å²) in [5.41, 5.74) is 13.0. The van der Waals surface area contributed by atoms with Crippen molar-refractivity contribution in [2.45, 2.75) is 27.7 Å². The molecular formula is C34H29N. The van der Waals surface area contributed by atoms with Gasteiger partial charge in [-0.25, -0.2) is 0 Å². The third kappa shape index (κ3) is 3.31. The summed E-state index contributed by atoms with van der Waals surface area (Å²) in [5, 5.41) is 3.94. The molecular weight excluding hydrogens is 422 g/mol. The summed E-state index contributed by atoms with van der Waals surface area (Å²) >= 11 is 0. The third-order valence-electron chi connectivity index (χ3n) is 7.68. The van der Waals surface area contributed by atoms with Crippen LogP contribution in [0.3, 0.4) is 0 Å². The molecule has 0 amide bonds. The highest BCUT2D eigenvalue weighted by Gasteiger charge is 2.17. The van der Waals surface area contributed by atoms with Crippen LogP contribution in [0.1, 0.15) is 22.4 Å². The van der Waals surface area contributed by atoms with Crippen LogP contribution in [0.4, 0.5) is 0 Å². The van der Waals surface area contributed by atoms with E-state index in [1.54, 1.807) is 0 Å². The molecule has 6 rings (SSSR count). The smallest absolute Gasteiger partial charge is 0.0534 e. The van der Waals surface area contributed by atoms with Gasteiger partial charge >= 0.3 is 0 Å². The third-order valence-corrected chi connectivity index (χ3v) is 7.68. The fourth-order valence-corrected chi connectivity index (χ4v) is 5.69. The standard InChI is InChI=1S/C34H29N/c1-22-23(2)34(31-16-9-8-15-30(31)33(22)26-12-6-5-7-13-26)27-18-20-28(21-19-27)35-25(4)24(3)29-14-10-11-17-32(29)35/h5-21H,1-4H3. The van der Waals surface area contributed by atoms with Crippen LogP contribution in [0, 0.1) is 27.7 Å². The summed E-state index contributed by atoms with van der Waals surface area (Å²) in [4.78, 5) is 0. The van der Waals surface area contributed by atoms with Crippen molar-refractivity contribution in [3.8, 4) is 27.9 Å². The van der Waals surface area contributed by atoms with E-state index in [0.29, 0.717) is 0 Å². The maximum atomic E-state index is 2.38. The Balaban J connectivity index is 1.54. The van der Waals surface area contributed by atoms with E-state index in [2.05, 4.69) is 135 Å². The zero-order chi connectivity index (χ0) is 24.1. The molecule has 1 heterocycles. The van der Waals surface area contributed by atoms with Crippen molar-refractivity contribution in [1.82, 2.24) is 4.57 Å². The van der Waals surface area contributed by atoms with Gasteiger partial charge in [0.1, 0.15) is 0 Å². The molecule has 35 heavy (non-hydrogen) atoms. The van der Waals surface area contributed by atoms with Gasteiger partial charge in [0.25, 0.3) is 0 Å². The van der Waals surface area contributed by atoms with Crippen LogP contribution in [-0.2, 0) is 0 Å². The molecule has 0 saturated heterocycles. The predicted octanol–water partition coefficient (Wildman–Crippen LogP) is 9.35. The van der Waals surface area contributed by atoms with Gasteiger partial charge in [-0.3, -0.25) is 0 Å². The van der Waals surface area contributed by atoms with Gasteiger partial charge in [-0.1, -0.05) is 84.9 Å². The molecule has 0 bridgehead atoms. The Hall–Kier alpha value is -4.10. The zero-order valence-electron chi connectivity index (χ0n) is 20.8. The molecule has 6 aromatic rings. The van der Waals surface area contributed by atoms with Crippen molar-refractivity contribution in [1.29, 1.82) is 0 Å². The lowest BCUT2D eigenvalue weighted by molar-refractivity contribution is 1.04. The molecule has 0 fully saturated rings. The number of para-hydroxylation sites is 1. The number of hydrogen-bond donors (Lipinski definition) is 0. The summed E-state index contributed by atoms with van der Waals surface area (Å²) in [5.74, 6) is 0. The van der Waals surface area contributed by atoms with Crippen LogP contribution in [0.2, 0.25) is 0 Å². The van der Waals surface area contributed by atoms with Crippen LogP contribution in [0.25, 0.3) is 49.6 Å². The normalized spacial score (nSPS) is 11.4. The first-order valence-electron chi connectivity index (χ1n) is 12.3. The van der Waals surface area contributed by atoms with Gasteiger partial charge < -0.3 is 4.57 Å². The lowest BCUT2D eigenvalue weighted by atomic mass is 9.85. The molecule has 1 heteroatoms. The molecule has 0 N–H and O–H groups in total. The van der Waals surface area contributed by atoms with E-state index >= 15 is 0 Å². The van der Waals surface area contributed by atoms with Gasteiger partial charge in [0.2, 0.25) is 0 Å². The Morgan fingerprint density at radius 1 is 0.429 bits per heavy atom. The topological polar surface area (TPSA) is 4.93 Å². The molecule has 1 aromatic heterocycles. The monoisotopic (exact) mass is 451 g/mol. The summed E-state index contributed by atoms with van der Waals surface area (Å²) < 4.78 is 2.38. The van der Waals surface area contributed by atoms with Gasteiger partial charge in [0, 0.05) is 16.8 Å². The van der Waals surface area contributed by atoms with E-state index in [1.165, 1.54) is 72.0 Å². The molecule has 0 unspecified atom stereocenters. The van der Waals surface area contributed by atoms with Gasteiger partial charge in [-0.2, -0.15) is 0 Å². The summed E-state index contributed by atoms with van der Waals surface area (Å²) in [6.07, 6.45) is 0. The largest absolute Gasteiger partial charge is 0.314 e. The van der Waals surface area contributed by atoms with Crippen LogP contribution in [-0.4, -0.2) is 4.57 Å². The average Bonchev–Trinajstić information content (AvgIpc) is 3.15. The fraction of sp³-hybridized carbons (Fsp3) is 0.118. The second kappa shape index (κ2) is 8.29. The molecule has 5 aromatic carbocycles. The quantitative estimate of drug-likeness (QED) is 0.252. The minimum absolute atomic E-state index is 1.20. The summed E-state index contributed by atoms with van der Waals surface area (Å²) in [7, 11) is 0. The molecule has 1 nitrogen and oxygen atoms in total. The van der Waals surface area contributed by atoms with Gasteiger partial charge in [-0.15, -0.1) is 0 Å². The van der Waals surface area contributed by atoms with Crippen molar-refractivity contribution in [2.24, 2.45) is 0 Å². The molecule has 0 aliphatic carbocycles. The first-order chi connectivity index (χ1) is 17.1. The van der Waals surface area contributed by atoms with Crippen LogP contribution >= 0.6 is 0 Å². The van der Waals surface area contributed by atoms with E-state index in [1.807, 2.05) is 0 Å². The van der Waals surface area contributed by atoms with Crippen molar-refractivity contribution >= 4 is 21.7 Å². The van der Waals surface area contributed by atoms with Crippen LogP contribution < -0.4 is 0 Å². The minimum atomic E-state index is 1.20. The number of benzene rings is 5. The first kappa shape index (κ1) is 21.4. The number of fused-ring (bicyclic) bond motifs is 2. The summed E-state index contributed by atoms with van der Waals surface area (Å²) in [6, 6.07) is 37.4. The molecule has 170 valence electrons.